The van der Waals surface area contributed by atoms with E-state index in [9.17, 15) is 4.79 Å². The molecular weight excluding hydrogens is 214 g/mol. The van der Waals surface area contributed by atoms with Crippen LogP contribution in [0.1, 0.15) is 45.4 Å². The molecule has 2 saturated carbocycles. The highest BCUT2D eigenvalue weighted by molar-refractivity contribution is 5.75. The van der Waals surface area contributed by atoms with Gasteiger partial charge in [0.25, 0.3) is 0 Å². The van der Waals surface area contributed by atoms with Crippen LogP contribution in [0.5, 0.6) is 0 Å². The van der Waals surface area contributed by atoms with Crippen molar-refractivity contribution in [2.45, 2.75) is 57.0 Å². The van der Waals surface area contributed by atoms with Crippen LogP contribution in [-0.2, 0) is 0 Å². The van der Waals surface area contributed by atoms with Crippen molar-refractivity contribution in [3.8, 4) is 0 Å². The van der Waals surface area contributed by atoms with Gasteiger partial charge in [-0.05, 0) is 31.6 Å². The number of hydrogen-bond acceptors (Lipinski definition) is 2. The molecule has 3 N–H and O–H groups in total. The molecule has 4 heteroatoms. The zero-order chi connectivity index (χ0) is 12.5. The van der Waals surface area contributed by atoms with Gasteiger partial charge in [0.05, 0.1) is 5.54 Å². The van der Waals surface area contributed by atoms with Crippen molar-refractivity contribution in [2.75, 3.05) is 13.6 Å². The lowest BCUT2D eigenvalue weighted by atomic mass is 9.75. The molecule has 0 spiro atoms. The van der Waals surface area contributed by atoms with Crippen molar-refractivity contribution in [1.29, 1.82) is 0 Å². The van der Waals surface area contributed by atoms with Crippen LogP contribution in [0.15, 0.2) is 0 Å². The number of amides is 2. The summed E-state index contributed by atoms with van der Waals surface area (Å²) in [5.41, 5.74) is 5.85. The normalized spacial score (nSPS) is 33.2. The van der Waals surface area contributed by atoms with Crippen molar-refractivity contribution < 1.29 is 4.79 Å². The van der Waals surface area contributed by atoms with Gasteiger partial charge < -0.3 is 16.0 Å². The van der Waals surface area contributed by atoms with Crippen LogP contribution in [0.4, 0.5) is 4.79 Å². The SMILES string of the molecule is CC1CCCC(CN)(N(C)C(=O)NC2CC2)C1. The molecule has 2 unspecified atom stereocenters. The Labute approximate surface area is 104 Å². The van der Waals surface area contributed by atoms with Gasteiger partial charge in [-0.2, -0.15) is 0 Å². The molecule has 0 aromatic carbocycles. The molecule has 2 atom stereocenters. The Balaban J connectivity index is 2.01. The highest BCUT2D eigenvalue weighted by Crippen LogP contribution is 2.35. The summed E-state index contributed by atoms with van der Waals surface area (Å²) in [6, 6.07) is 0.479. The maximum atomic E-state index is 12.1. The van der Waals surface area contributed by atoms with Crippen LogP contribution in [0.3, 0.4) is 0 Å². The number of nitrogens with one attached hydrogen (secondary N) is 1. The molecule has 0 radical (unpaired) electrons. The molecule has 0 aromatic rings. The molecule has 0 heterocycles. The molecule has 2 fully saturated rings. The maximum absolute atomic E-state index is 12.1. The highest BCUT2D eigenvalue weighted by atomic mass is 16.2. The Morgan fingerprint density at radius 3 is 2.71 bits per heavy atom. The number of carbonyl (C=O) groups excluding carboxylic acids is 1. The van der Waals surface area contributed by atoms with Crippen LogP contribution in [0.25, 0.3) is 0 Å². The molecule has 2 aliphatic carbocycles. The van der Waals surface area contributed by atoms with E-state index in [1.165, 1.54) is 12.8 Å². The lowest BCUT2D eigenvalue weighted by molar-refractivity contribution is 0.0843. The Morgan fingerprint density at radius 2 is 2.18 bits per heavy atom. The van der Waals surface area contributed by atoms with Gasteiger partial charge in [0.15, 0.2) is 0 Å². The van der Waals surface area contributed by atoms with Crippen molar-refractivity contribution in [1.82, 2.24) is 10.2 Å². The molecule has 2 aliphatic rings. The Kier molecular flexibility index (Phi) is 3.61. The predicted octanol–water partition coefficient (Wildman–Crippen LogP) is 1.70. The largest absolute Gasteiger partial charge is 0.335 e. The van der Waals surface area contributed by atoms with Gasteiger partial charge in [-0.25, -0.2) is 4.79 Å². The minimum absolute atomic E-state index is 0.0621. The summed E-state index contributed by atoms with van der Waals surface area (Å²) in [6.07, 6.45) is 6.79. The summed E-state index contributed by atoms with van der Waals surface area (Å²) in [5.74, 6) is 0.670. The van der Waals surface area contributed by atoms with E-state index in [-0.39, 0.29) is 11.6 Å². The van der Waals surface area contributed by atoms with E-state index in [1.54, 1.807) is 0 Å². The van der Waals surface area contributed by atoms with Crippen LogP contribution >= 0.6 is 0 Å². The topological polar surface area (TPSA) is 58.4 Å². The summed E-state index contributed by atoms with van der Waals surface area (Å²) in [5, 5.41) is 3.06. The number of carbonyl (C=O) groups is 1. The molecule has 0 aliphatic heterocycles. The van der Waals surface area contributed by atoms with Crippen molar-refractivity contribution >= 4 is 6.03 Å². The van der Waals surface area contributed by atoms with Crippen LogP contribution < -0.4 is 11.1 Å². The molecule has 17 heavy (non-hydrogen) atoms. The van der Waals surface area contributed by atoms with Crippen molar-refractivity contribution in [2.24, 2.45) is 11.7 Å². The lowest BCUT2D eigenvalue weighted by Gasteiger charge is -2.45. The summed E-state index contributed by atoms with van der Waals surface area (Å²) in [4.78, 5) is 14.0. The van der Waals surface area contributed by atoms with Gasteiger partial charge in [-0.1, -0.05) is 19.8 Å². The van der Waals surface area contributed by atoms with Gasteiger partial charge in [0, 0.05) is 19.6 Å². The van der Waals surface area contributed by atoms with Gasteiger partial charge in [-0.15, -0.1) is 0 Å². The smallest absolute Gasteiger partial charge is 0.317 e. The molecule has 4 nitrogen and oxygen atoms in total. The second kappa shape index (κ2) is 4.84. The molecule has 0 aromatic heterocycles. The van der Waals surface area contributed by atoms with E-state index in [0.29, 0.717) is 18.5 Å². The van der Waals surface area contributed by atoms with Crippen molar-refractivity contribution in [3.05, 3.63) is 0 Å². The molecule has 98 valence electrons. The molecule has 2 amide bonds. The quantitative estimate of drug-likeness (QED) is 0.787. The third-order valence-electron chi connectivity index (χ3n) is 4.37. The van der Waals surface area contributed by atoms with E-state index in [4.69, 9.17) is 5.73 Å². The van der Waals surface area contributed by atoms with Crippen molar-refractivity contribution in [3.63, 3.8) is 0 Å². The zero-order valence-electron chi connectivity index (χ0n) is 11.0. The predicted molar refractivity (Wildman–Crippen MR) is 68.7 cm³/mol. The van der Waals surface area contributed by atoms with E-state index in [2.05, 4.69) is 12.2 Å². The number of likely N-dealkylation sites (N-methyl/N-ethyl adjacent to an activating group) is 1. The monoisotopic (exact) mass is 239 g/mol. The first-order valence-electron chi connectivity index (χ1n) is 6.82. The van der Waals surface area contributed by atoms with Gasteiger partial charge in [0.1, 0.15) is 0 Å². The standard InChI is InChI=1S/C13H25N3O/c1-10-4-3-7-13(8-10,9-14)16(2)12(17)15-11-5-6-11/h10-11H,3-9,14H2,1-2H3,(H,15,17). The fourth-order valence-corrected chi connectivity index (χ4v) is 2.97. The summed E-state index contributed by atoms with van der Waals surface area (Å²) in [6.45, 7) is 2.84. The third kappa shape index (κ3) is 2.73. The van der Waals surface area contributed by atoms with E-state index in [1.807, 2.05) is 11.9 Å². The molecule has 0 bridgehead atoms. The first-order chi connectivity index (χ1) is 8.07. The first-order valence-corrected chi connectivity index (χ1v) is 6.82. The van der Waals surface area contributed by atoms with Gasteiger partial charge in [-0.3, -0.25) is 0 Å². The summed E-state index contributed by atoms with van der Waals surface area (Å²) in [7, 11) is 1.91. The minimum Gasteiger partial charge on any atom is -0.335 e. The average molecular weight is 239 g/mol. The van der Waals surface area contributed by atoms with Gasteiger partial charge >= 0.3 is 6.03 Å². The second-order valence-corrected chi connectivity index (χ2v) is 5.91. The molecular formula is C13H25N3O. The highest BCUT2D eigenvalue weighted by Gasteiger charge is 2.40. The third-order valence-corrected chi connectivity index (χ3v) is 4.37. The Hall–Kier alpha value is -0.770. The number of rotatable bonds is 3. The molecule has 0 saturated heterocycles. The first kappa shape index (κ1) is 12.7. The maximum Gasteiger partial charge on any atom is 0.317 e. The number of nitrogens with zero attached hydrogens (tertiary/aromatic N) is 1. The summed E-state index contributed by atoms with van der Waals surface area (Å²) >= 11 is 0. The number of urea groups is 1. The Morgan fingerprint density at radius 1 is 1.47 bits per heavy atom. The fraction of sp³-hybridized carbons (Fsp3) is 0.923. The van der Waals surface area contributed by atoms with Crippen LogP contribution in [0, 0.1) is 5.92 Å². The second-order valence-electron chi connectivity index (χ2n) is 5.91. The number of hydrogen-bond donors (Lipinski definition) is 2. The van der Waals surface area contributed by atoms with Gasteiger partial charge in [0.2, 0.25) is 0 Å². The molecule has 2 rings (SSSR count). The Bertz CT molecular complexity index is 290. The zero-order valence-corrected chi connectivity index (χ0v) is 11.0. The lowest BCUT2D eigenvalue weighted by Crippen LogP contribution is -2.59. The number of nitrogens with two attached hydrogens (primary N) is 1. The fourth-order valence-electron chi connectivity index (χ4n) is 2.97. The van der Waals surface area contributed by atoms with E-state index >= 15 is 0 Å². The van der Waals surface area contributed by atoms with E-state index in [0.717, 1.165) is 25.7 Å². The van der Waals surface area contributed by atoms with Crippen LogP contribution in [0.2, 0.25) is 0 Å². The summed E-state index contributed by atoms with van der Waals surface area (Å²) < 4.78 is 0. The van der Waals surface area contributed by atoms with Crippen LogP contribution in [-0.4, -0.2) is 36.1 Å². The minimum atomic E-state index is -0.114. The van der Waals surface area contributed by atoms with E-state index < -0.39 is 0 Å². The average Bonchev–Trinajstić information content (AvgIpc) is 3.11.